The number of H-pyrrole nitrogens is 1. The molecule has 0 bridgehead atoms. The molecule has 2 heterocycles. The Balaban J connectivity index is 1.84. The van der Waals surface area contributed by atoms with Crippen LogP contribution in [0.3, 0.4) is 0 Å². The zero-order valence-corrected chi connectivity index (χ0v) is 11.8. The van der Waals surface area contributed by atoms with E-state index in [1.54, 1.807) is 0 Å². The smallest absolute Gasteiger partial charge is 0.260 e. The molecule has 21 heavy (non-hydrogen) atoms. The van der Waals surface area contributed by atoms with Crippen LogP contribution in [0.5, 0.6) is 0 Å². The number of benzene rings is 2. The quantitative estimate of drug-likeness (QED) is 0.721. The summed E-state index contributed by atoms with van der Waals surface area (Å²) >= 11 is 0. The molecule has 1 aliphatic rings. The molecule has 1 amide bonds. The third kappa shape index (κ3) is 1.77. The first kappa shape index (κ1) is 12.2. The van der Waals surface area contributed by atoms with Crippen LogP contribution >= 0.6 is 0 Å². The van der Waals surface area contributed by atoms with E-state index >= 15 is 0 Å². The van der Waals surface area contributed by atoms with Crippen molar-refractivity contribution in [3.8, 4) is 0 Å². The lowest BCUT2D eigenvalue weighted by Gasteiger charge is -2.23. The summed E-state index contributed by atoms with van der Waals surface area (Å²) in [6, 6.07) is 16.2. The maximum atomic E-state index is 13.0. The van der Waals surface area contributed by atoms with E-state index in [9.17, 15) is 4.79 Å². The van der Waals surface area contributed by atoms with Crippen LogP contribution in [-0.2, 0) is 6.42 Å². The fourth-order valence-electron chi connectivity index (χ4n) is 3.27. The Bertz CT molecular complexity index is 834. The Kier molecular flexibility index (Phi) is 2.61. The summed E-state index contributed by atoms with van der Waals surface area (Å²) in [5, 5.41) is 1.07. The first-order valence-corrected chi connectivity index (χ1v) is 7.23. The largest absolute Gasteiger partial charge is 0.361 e. The van der Waals surface area contributed by atoms with Gasteiger partial charge in [0, 0.05) is 23.3 Å². The van der Waals surface area contributed by atoms with Crippen LogP contribution in [0.4, 0.5) is 5.69 Å². The lowest BCUT2D eigenvalue weighted by atomic mass is 10.1. The van der Waals surface area contributed by atoms with Crippen LogP contribution in [0, 0.1) is 0 Å². The first-order valence-electron chi connectivity index (χ1n) is 7.23. The van der Waals surface area contributed by atoms with Crippen LogP contribution in [0.15, 0.2) is 54.7 Å². The molecule has 1 unspecified atom stereocenters. The number of hydrogen-bond donors (Lipinski definition) is 1. The molecule has 0 aliphatic carbocycles. The van der Waals surface area contributed by atoms with Gasteiger partial charge in [0.15, 0.2) is 0 Å². The SMILES string of the molecule is CC1Cc2ccccc2N1C(=O)c1cccc2cc[nH]c12. The number of rotatable bonds is 1. The Morgan fingerprint density at radius 1 is 1.14 bits per heavy atom. The summed E-state index contributed by atoms with van der Waals surface area (Å²) in [5.41, 5.74) is 3.94. The first-order chi connectivity index (χ1) is 10.3. The number of aromatic nitrogens is 1. The molecule has 0 fully saturated rings. The fraction of sp³-hybridized carbons (Fsp3) is 0.167. The number of fused-ring (bicyclic) bond motifs is 2. The van der Waals surface area contributed by atoms with Crippen molar-refractivity contribution in [2.75, 3.05) is 4.90 Å². The van der Waals surface area contributed by atoms with Crippen molar-refractivity contribution < 1.29 is 4.79 Å². The summed E-state index contributed by atoms with van der Waals surface area (Å²) in [4.78, 5) is 18.1. The maximum Gasteiger partial charge on any atom is 0.260 e. The molecule has 3 aromatic rings. The van der Waals surface area contributed by atoms with E-state index in [0.29, 0.717) is 0 Å². The summed E-state index contributed by atoms with van der Waals surface area (Å²) < 4.78 is 0. The molecule has 4 rings (SSSR count). The summed E-state index contributed by atoms with van der Waals surface area (Å²) in [5.74, 6) is 0.0699. The maximum absolute atomic E-state index is 13.0. The monoisotopic (exact) mass is 276 g/mol. The topological polar surface area (TPSA) is 36.1 Å². The van der Waals surface area contributed by atoms with Crippen molar-refractivity contribution in [2.45, 2.75) is 19.4 Å². The molecular weight excluding hydrogens is 260 g/mol. The number of hydrogen-bond acceptors (Lipinski definition) is 1. The third-order valence-electron chi connectivity index (χ3n) is 4.24. The third-order valence-corrected chi connectivity index (χ3v) is 4.24. The Labute approximate surface area is 123 Å². The molecule has 0 spiro atoms. The number of nitrogens with zero attached hydrogens (tertiary/aromatic N) is 1. The Morgan fingerprint density at radius 2 is 2.00 bits per heavy atom. The van der Waals surface area contributed by atoms with Gasteiger partial charge in [-0.05, 0) is 37.1 Å². The van der Waals surface area contributed by atoms with Crippen LogP contribution in [0.25, 0.3) is 10.9 Å². The minimum absolute atomic E-state index is 0.0699. The second kappa shape index (κ2) is 4.48. The van der Waals surface area contributed by atoms with Gasteiger partial charge in [0.05, 0.1) is 11.1 Å². The van der Waals surface area contributed by atoms with Gasteiger partial charge in [0.25, 0.3) is 5.91 Å². The van der Waals surface area contributed by atoms with Crippen molar-refractivity contribution in [3.05, 3.63) is 65.9 Å². The van der Waals surface area contributed by atoms with E-state index in [2.05, 4.69) is 18.0 Å². The zero-order chi connectivity index (χ0) is 14.4. The predicted octanol–water partition coefficient (Wildman–Crippen LogP) is 3.76. The van der Waals surface area contributed by atoms with Crippen molar-refractivity contribution in [1.29, 1.82) is 0 Å². The van der Waals surface area contributed by atoms with E-state index in [0.717, 1.165) is 28.6 Å². The van der Waals surface area contributed by atoms with Gasteiger partial charge in [-0.1, -0.05) is 30.3 Å². The van der Waals surface area contributed by atoms with Crippen molar-refractivity contribution >= 4 is 22.5 Å². The van der Waals surface area contributed by atoms with Gasteiger partial charge >= 0.3 is 0 Å². The molecule has 0 saturated carbocycles. The highest BCUT2D eigenvalue weighted by atomic mass is 16.2. The fourth-order valence-corrected chi connectivity index (χ4v) is 3.27. The Morgan fingerprint density at radius 3 is 2.90 bits per heavy atom. The number of amides is 1. The van der Waals surface area contributed by atoms with Gasteiger partial charge in [-0.25, -0.2) is 0 Å². The molecule has 0 saturated heterocycles. The average Bonchev–Trinajstić information content (AvgIpc) is 3.09. The summed E-state index contributed by atoms with van der Waals surface area (Å²) in [6.45, 7) is 2.10. The lowest BCUT2D eigenvalue weighted by molar-refractivity contribution is 0.0983. The summed E-state index contributed by atoms with van der Waals surface area (Å²) in [6.07, 6.45) is 2.80. The van der Waals surface area contributed by atoms with Gasteiger partial charge in [-0.15, -0.1) is 0 Å². The van der Waals surface area contributed by atoms with Crippen molar-refractivity contribution in [2.24, 2.45) is 0 Å². The van der Waals surface area contributed by atoms with E-state index in [4.69, 9.17) is 0 Å². The molecule has 3 heteroatoms. The van der Waals surface area contributed by atoms with Gasteiger partial charge in [0.1, 0.15) is 0 Å². The van der Waals surface area contributed by atoms with E-state index in [1.807, 2.05) is 53.6 Å². The van der Waals surface area contributed by atoms with Gasteiger partial charge in [-0.2, -0.15) is 0 Å². The van der Waals surface area contributed by atoms with Crippen molar-refractivity contribution in [3.63, 3.8) is 0 Å². The Hall–Kier alpha value is -2.55. The zero-order valence-electron chi connectivity index (χ0n) is 11.8. The average molecular weight is 276 g/mol. The van der Waals surface area contributed by atoms with Crippen LogP contribution in [0.1, 0.15) is 22.8 Å². The molecular formula is C18H16N2O. The molecule has 104 valence electrons. The molecule has 3 nitrogen and oxygen atoms in total. The second-order valence-corrected chi connectivity index (χ2v) is 5.60. The molecule has 2 aromatic carbocycles. The number of carbonyl (C=O) groups is 1. The lowest BCUT2D eigenvalue weighted by Crippen LogP contribution is -2.35. The van der Waals surface area contributed by atoms with Gasteiger partial charge in [0.2, 0.25) is 0 Å². The molecule has 1 N–H and O–H groups in total. The molecule has 0 radical (unpaired) electrons. The number of anilines is 1. The number of aromatic amines is 1. The van der Waals surface area contributed by atoms with E-state index in [-0.39, 0.29) is 11.9 Å². The normalized spacial score (nSPS) is 17.2. The predicted molar refractivity (Wildman–Crippen MR) is 84.7 cm³/mol. The van der Waals surface area contributed by atoms with Crippen LogP contribution in [0.2, 0.25) is 0 Å². The molecule has 1 atom stereocenters. The minimum Gasteiger partial charge on any atom is -0.361 e. The van der Waals surface area contributed by atoms with E-state index < -0.39 is 0 Å². The highest BCUT2D eigenvalue weighted by molar-refractivity contribution is 6.14. The number of nitrogens with one attached hydrogen (secondary N) is 1. The highest BCUT2D eigenvalue weighted by Crippen LogP contribution is 2.33. The minimum atomic E-state index is 0.0699. The number of para-hydroxylation sites is 2. The van der Waals surface area contributed by atoms with Gasteiger partial charge < -0.3 is 9.88 Å². The standard InChI is InChI=1S/C18H16N2O/c1-12-11-14-5-2-3-8-16(14)20(12)18(21)15-7-4-6-13-9-10-19-17(13)15/h2-10,12,19H,11H2,1H3. The highest BCUT2D eigenvalue weighted by Gasteiger charge is 2.31. The van der Waals surface area contributed by atoms with E-state index in [1.165, 1.54) is 5.56 Å². The van der Waals surface area contributed by atoms with Crippen molar-refractivity contribution in [1.82, 2.24) is 4.98 Å². The molecule has 1 aliphatic heterocycles. The van der Waals surface area contributed by atoms with Gasteiger partial charge in [-0.3, -0.25) is 4.79 Å². The summed E-state index contributed by atoms with van der Waals surface area (Å²) in [7, 11) is 0. The number of carbonyl (C=O) groups excluding carboxylic acids is 1. The van der Waals surface area contributed by atoms with Crippen LogP contribution < -0.4 is 4.90 Å². The molecule has 1 aromatic heterocycles. The second-order valence-electron chi connectivity index (χ2n) is 5.60. The van der Waals surface area contributed by atoms with Crippen LogP contribution in [-0.4, -0.2) is 16.9 Å².